The van der Waals surface area contributed by atoms with Gasteiger partial charge in [-0.3, -0.25) is 0 Å². The third-order valence-corrected chi connectivity index (χ3v) is 2.27. The molecule has 0 aliphatic rings. The highest BCUT2D eigenvalue weighted by Crippen LogP contribution is 2.23. The van der Waals surface area contributed by atoms with Crippen LogP contribution in [-0.2, 0) is 0 Å². The average Bonchev–Trinajstić information content (AvgIpc) is 2.17. The number of ether oxygens (including phenoxy) is 1. The summed E-state index contributed by atoms with van der Waals surface area (Å²) in [5, 5.41) is 0. The summed E-state index contributed by atoms with van der Waals surface area (Å²) >= 11 is 3.36. The van der Waals surface area contributed by atoms with Gasteiger partial charge in [0.15, 0.2) is 0 Å². The zero-order chi connectivity index (χ0) is 10.7. The maximum Gasteiger partial charge on any atom is 0.221 e. The molecule has 0 unspecified atom stereocenters. The molecule has 0 amide bonds. The molecule has 0 aliphatic heterocycles. The number of hydrogen-bond acceptors (Lipinski definition) is 3. The number of benzene rings is 1. The predicted molar refractivity (Wildman–Crippen MR) is 62.9 cm³/mol. The fourth-order valence-corrected chi connectivity index (χ4v) is 1.51. The number of nitrogens with two attached hydrogens (primary N) is 1. The van der Waals surface area contributed by atoms with E-state index in [2.05, 4.69) is 20.9 Å². The van der Waals surface area contributed by atoms with E-state index >= 15 is 0 Å². The number of anilines is 1. The zero-order valence-corrected chi connectivity index (χ0v) is 9.44. The molecule has 1 heterocycles. The minimum absolute atomic E-state index is 0.494. The van der Waals surface area contributed by atoms with Crippen molar-refractivity contribution in [3.8, 4) is 11.6 Å². The van der Waals surface area contributed by atoms with Crippen molar-refractivity contribution >= 4 is 21.6 Å². The molecule has 1 aromatic heterocycles. The van der Waals surface area contributed by atoms with Crippen molar-refractivity contribution in [2.45, 2.75) is 0 Å². The van der Waals surface area contributed by atoms with E-state index in [1.165, 1.54) is 0 Å². The fourth-order valence-electron chi connectivity index (χ4n) is 1.13. The first-order chi connectivity index (χ1) is 7.24. The highest BCUT2D eigenvalue weighted by molar-refractivity contribution is 9.10. The summed E-state index contributed by atoms with van der Waals surface area (Å²) in [6, 6.07) is 10.9. The minimum Gasteiger partial charge on any atom is -0.439 e. The number of aromatic nitrogens is 1. The quantitative estimate of drug-likeness (QED) is 0.906. The second-order valence-electron chi connectivity index (χ2n) is 2.99. The molecule has 1 aromatic carbocycles. The number of rotatable bonds is 2. The molecule has 2 rings (SSSR count). The maximum atomic E-state index is 5.61. The summed E-state index contributed by atoms with van der Waals surface area (Å²) in [7, 11) is 0. The Hall–Kier alpha value is -1.55. The predicted octanol–water partition coefficient (Wildman–Crippen LogP) is 3.22. The van der Waals surface area contributed by atoms with Crippen molar-refractivity contribution in [1.29, 1.82) is 0 Å². The second-order valence-corrected chi connectivity index (χ2v) is 3.90. The molecule has 76 valence electrons. The van der Waals surface area contributed by atoms with Crippen LogP contribution in [-0.4, -0.2) is 4.98 Å². The number of hydrogen-bond donors (Lipinski definition) is 1. The average molecular weight is 265 g/mol. The standard InChI is InChI=1S/C11H9BrN2O/c12-8-2-1-3-10(6-8)15-11-7-9(13)4-5-14-11/h1-7H,(H2,13,14). The van der Waals surface area contributed by atoms with Gasteiger partial charge in [0.25, 0.3) is 0 Å². The lowest BCUT2D eigenvalue weighted by Crippen LogP contribution is -1.90. The van der Waals surface area contributed by atoms with Gasteiger partial charge in [-0.15, -0.1) is 0 Å². The van der Waals surface area contributed by atoms with Crippen LogP contribution in [0, 0.1) is 0 Å². The van der Waals surface area contributed by atoms with Crippen molar-refractivity contribution in [2.24, 2.45) is 0 Å². The summed E-state index contributed by atoms with van der Waals surface area (Å²) in [6.45, 7) is 0. The maximum absolute atomic E-state index is 5.61. The highest BCUT2D eigenvalue weighted by Gasteiger charge is 1.99. The van der Waals surface area contributed by atoms with Crippen molar-refractivity contribution < 1.29 is 4.74 Å². The summed E-state index contributed by atoms with van der Waals surface area (Å²) in [4.78, 5) is 4.05. The van der Waals surface area contributed by atoms with Gasteiger partial charge in [0.05, 0.1) is 0 Å². The Morgan fingerprint density at radius 1 is 1.20 bits per heavy atom. The van der Waals surface area contributed by atoms with Crippen LogP contribution in [0.1, 0.15) is 0 Å². The van der Waals surface area contributed by atoms with Crippen LogP contribution in [0.5, 0.6) is 11.6 Å². The molecule has 0 bridgehead atoms. The van der Waals surface area contributed by atoms with Gasteiger partial charge in [-0.2, -0.15) is 0 Å². The largest absolute Gasteiger partial charge is 0.439 e. The Balaban J connectivity index is 2.22. The number of nitrogen functional groups attached to an aromatic ring is 1. The van der Waals surface area contributed by atoms with E-state index in [0.717, 1.165) is 10.2 Å². The van der Waals surface area contributed by atoms with E-state index in [1.54, 1.807) is 18.3 Å². The van der Waals surface area contributed by atoms with Crippen molar-refractivity contribution in [2.75, 3.05) is 5.73 Å². The first kappa shape index (κ1) is 9.98. The van der Waals surface area contributed by atoms with Gasteiger partial charge in [0, 0.05) is 22.4 Å². The van der Waals surface area contributed by atoms with Crippen molar-refractivity contribution in [3.63, 3.8) is 0 Å². The zero-order valence-electron chi connectivity index (χ0n) is 7.85. The van der Waals surface area contributed by atoms with E-state index in [0.29, 0.717) is 11.6 Å². The monoisotopic (exact) mass is 264 g/mol. The van der Waals surface area contributed by atoms with Crippen LogP contribution in [0.3, 0.4) is 0 Å². The number of nitrogens with zero attached hydrogens (tertiary/aromatic N) is 1. The molecule has 0 saturated carbocycles. The first-order valence-corrected chi connectivity index (χ1v) is 5.18. The topological polar surface area (TPSA) is 48.1 Å². The van der Waals surface area contributed by atoms with E-state index in [1.807, 2.05) is 24.3 Å². The van der Waals surface area contributed by atoms with Gasteiger partial charge in [0.1, 0.15) is 5.75 Å². The third-order valence-electron chi connectivity index (χ3n) is 1.78. The lowest BCUT2D eigenvalue weighted by molar-refractivity contribution is 0.463. The molecule has 4 heteroatoms. The molecule has 0 radical (unpaired) electrons. The molecule has 3 nitrogen and oxygen atoms in total. The molecule has 0 aliphatic carbocycles. The van der Waals surface area contributed by atoms with Crippen LogP contribution in [0.25, 0.3) is 0 Å². The van der Waals surface area contributed by atoms with Gasteiger partial charge in [0.2, 0.25) is 5.88 Å². The first-order valence-electron chi connectivity index (χ1n) is 4.39. The van der Waals surface area contributed by atoms with E-state index in [9.17, 15) is 0 Å². The van der Waals surface area contributed by atoms with Crippen LogP contribution >= 0.6 is 15.9 Å². The summed E-state index contributed by atoms with van der Waals surface area (Å²) < 4.78 is 6.48. The summed E-state index contributed by atoms with van der Waals surface area (Å²) in [6.07, 6.45) is 1.61. The fraction of sp³-hybridized carbons (Fsp3) is 0. The Morgan fingerprint density at radius 3 is 2.80 bits per heavy atom. The van der Waals surface area contributed by atoms with Gasteiger partial charge in [-0.1, -0.05) is 22.0 Å². The Labute approximate surface area is 96.0 Å². The minimum atomic E-state index is 0.494. The summed E-state index contributed by atoms with van der Waals surface area (Å²) in [5.74, 6) is 1.22. The van der Waals surface area contributed by atoms with E-state index < -0.39 is 0 Å². The van der Waals surface area contributed by atoms with E-state index in [-0.39, 0.29) is 0 Å². The molecule has 15 heavy (non-hydrogen) atoms. The van der Waals surface area contributed by atoms with Gasteiger partial charge in [-0.25, -0.2) is 4.98 Å². The Kier molecular flexibility index (Phi) is 2.87. The second kappa shape index (κ2) is 4.31. The molecule has 2 aromatic rings. The normalized spacial score (nSPS) is 9.93. The number of halogens is 1. The third kappa shape index (κ3) is 2.70. The molecule has 0 spiro atoms. The van der Waals surface area contributed by atoms with Gasteiger partial charge < -0.3 is 10.5 Å². The van der Waals surface area contributed by atoms with Crippen molar-refractivity contribution in [1.82, 2.24) is 4.98 Å². The smallest absolute Gasteiger partial charge is 0.221 e. The van der Waals surface area contributed by atoms with Crippen LogP contribution in [0.4, 0.5) is 5.69 Å². The van der Waals surface area contributed by atoms with Gasteiger partial charge >= 0.3 is 0 Å². The Morgan fingerprint density at radius 2 is 2.07 bits per heavy atom. The number of pyridine rings is 1. The SMILES string of the molecule is Nc1ccnc(Oc2cccc(Br)c2)c1. The molecule has 0 fully saturated rings. The van der Waals surface area contributed by atoms with Crippen LogP contribution in [0.2, 0.25) is 0 Å². The van der Waals surface area contributed by atoms with Crippen LogP contribution < -0.4 is 10.5 Å². The lowest BCUT2D eigenvalue weighted by atomic mass is 10.3. The molecular weight excluding hydrogens is 256 g/mol. The van der Waals surface area contributed by atoms with Crippen molar-refractivity contribution in [3.05, 3.63) is 47.1 Å². The Bertz CT molecular complexity index is 430. The molecule has 0 saturated heterocycles. The van der Waals surface area contributed by atoms with Gasteiger partial charge in [-0.05, 0) is 24.3 Å². The highest BCUT2D eigenvalue weighted by atomic mass is 79.9. The van der Waals surface area contributed by atoms with Crippen LogP contribution in [0.15, 0.2) is 47.1 Å². The molecule has 2 N–H and O–H groups in total. The summed E-state index contributed by atoms with van der Waals surface area (Å²) in [5.41, 5.74) is 6.25. The lowest BCUT2D eigenvalue weighted by Gasteiger charge is -2.04. The molecular formula is C11H9BrN2O. The van der Waals surface area contributed by atoms with E-state index in [4.69, 9.17) is 10.5 Å². The molecule has 0 atom stereocenters.